The molecule has 3 aliphatic rings. The summed E-state index contributed by atoms with van der Waals surface area (Å²) in [5.74, 6) is -6.99. The maximum Gasteiger partial charge on any atom is 0.330 e. The standard InChI is InChI=1S/C25H24O8/c1-5-16(28)33-22-14-9-10(2)17(12(4)26)23(30)25(14,32)24(31)20-18(22)11(3)13-7-6-8-15(27)19(13)21(20)29/h5-8,11,14,18,22,27,31-32H,1,9H2,2-4H3/t11-,14+,18+,22+,25+/m1/s1. The molecule has 1 aromatic rings. The number of hydrogen-bond acceptors (Lipinski definition) is 8. The summed E-state index contributed by atoms with van der Waals surface area (Å²) in [6, 6.07) is 4.55. The summed E-state index contributed by atoms with van der Waals surface area (Å²) in [5, 5.41) is 33.2. The van der Waals surface area contributed by atoms with Gasteiger partial charge in [-0.1, -0.05) is 31.2 Å². The van der Waals surface area contributed by atoms with E-state index in [9.17, 15) is 34.5 Å². The molecule has 0 aliphatic heterocycles. The molecule has 3 aliphatic carbocycles. The first-order valence-corrected chi connectivity index (χ1v) is 10.6. The number of allylic oxidation sites excluding steroid dienone is 1. The molecule has 3 N–H and O–H groups in total. The molecule has 0 saturated heterocycles. The van der Waals surface area contributed by atoms with E-state index in [0.717, 1.165) is 6.08 Å². The largest absolute Gasteiger partial charge is 0.508 e. The lowest BCUT2D eigenvalue weighted by atomic mass is 9.55. The van der Waals surface area contributed by atoms with E-state index < -0.39 is 58.5 Å². The lowest BCUT2D eigenvalue weighted by molar-refractivity contribution is -0.169. The highest BCUT2D eigenvalue weighted by atomic mass is 16.5. The average molecular weight is 452 g/mol. The fraction of sp³-hybridized carbons (Fsp3) is 0.360. The number of ether oxygens (including phenoxy) is 1. The number of aliphatic hydroxyl groups excluding tert-OH is 1. The number of esters is 1. The Hall–Kier alpha value is -3.52. The third-order valence-electron chi connectivity index (χ3n) is 7.11. The van der Waals surface area contributed by atoms with Crippen molar-refractivity contribution < 1.29 is 39.2 Å². The lowest BCUT2D eigenvalue weighted by Gasteiger charge is -2.51. The van der Waals surface area contributed by atoms with Crippen LogP contribution in [0.5, 0.6) is 5.75 Å². The zero-order chi connectivity index (χ0) is 24.4. The summed E-state index contributed by atoms with van der Waals surface area (Å²) in [6.45, 7) is 7.88. The van der Waals surface area contributed by atoms with Crippen LogP contribution in [-0.4, -0.2) is 50.3 Å². The SMILES string of the molecule is C=CC(=O)O[C@@H]1[C@@H]2C(=C(O)[C@@]3(O)C(=O)C(C(C)=O)=C(C)C[C@@H]13)C(=O)c1c(O)cccc1[C@H]2C. The van der Waals surface area contributed by atoms with Crippen LogP contribution in [-0.2, 0) is 19.1 Å². The van der Waals surface area contributed by atoms with Crippen molar-refractivity contribution in [2.24, 2.45) is 11.8 Å². The number of rotatable bonds is 3. The normalized spacial score (nSPS) is 30.9. The quantitative estimate of drug-likeness (QED) is 0.361. The van der Waals surface area contributed by atoms with Crippen molar-refractivity contribution in [1.82, 2.24) is 0 Å². The van der Waals surface area contributed by atoms with Gasteiger partial charge in [-0.05, 0) is 37.8 Å². The van der Waals surface area contributed by atoms with Crippen LogP contribution in [0.2, 0.25) is 0 Å². The Balaban J connectivity index is 2.04. The van der Waals surface area contributed by atoms with Crippen molar-refractivity contribution in [3.8, 4) is 5.75 Å². The van der Waals surface area contributed by atoms with Gasteiger partial charge >= 0.3 is 5.97 Å². The number of carbonyl (C=O) groups is 4. The summed E-state index contributed by atoms with van der Waals surface area (Å²) in [4.78, 5) is 51.3. The second-order valence-corrected chi connectivity index (χ2v) is 8.87. The molecule has 8 heteroatoms. The minimum Gasteiger partial charge on any atom is -0.508 e. The number of phenolic OH excluding ortho intramolecular Hbond substituents is 1. The molecule has 33 heavy (non-hydrogen) atoms. The van der Waals surface area contributed by atoms with Gasteiger partial charge in [0.15, 0.2) is 17.2 Å². The molecular formula is C25H24O8. The third-order valence-corrected chi connectivity index (χ3v) is 7.11. The van der Waals surface area contributed by atoms with E-state index in [-0.39, 0.29) is 28.9 Å². The van der Waals surface area contributed by atoms with Gasteiger partial charge in [-0.15, -0.1) is 0 Å². The molecule has 0 heterocycles. The van der Waals surface area contributed by atoms with Crippen LogP contribution in [0.4, 0.5) is 0 Å². The molecule has 5 atom stereocenters. The Labute approximate surface area is 189 Å². The fourth-order valence-corrected chi connectivity index (χ4v) is 5.65. The van der Waals surface area contributed by atoms with Gasteiger partial charge in [0.25, 0.3) is 0 Å². The highest BCUT2D eigenvalue weighted by Gasteiger charge is 2.64. The van der Waals surface area contributed by atoms with Crippen molar-refractivity contribution in [2.45, 2.75) is 44.8 Å². The van der Waals surface area contributed by atoms with E-state index in [1.807, 2.05) is 0 Å². The van der Waals surface area contributed by atoms with Crippen LogP contribution in [0.3, 0.4) is 0 Å². The van der Waals surface area contributed by atoms with Gasteiger partial charge in [0.05, 0.1) is 11.1 Å². The number of ketones is 3. The molecule has 0 amide bonds. The van der Waals surface area contributed by atoms with E-state index >= 15 is 0 Å². The number of benzene rings is 1. The van der Waals surface area contributed by atoms with Gasteiger partial charge in [-0.3, -0.25) is 14.4 Å². The summed E-state index contributed by atoms with van der Waals surface area (Å²) in [6.07, 6.45) is -0.276. The molecule has 0 fully saturated rings. The van der Waals surface area contributed by atoms with Crippen molar-refractivity contribution >= 4 is 23.3 Å². The first-order valence-electron chi connectivity index (χ1n) is 10.6. The van der Waals surface area contributed by atoms with Gasteiger partial charge in [-0.2, -0.15) is 0 Å². The van der Waals surface area contributed by atoms with E-state index in [0.29, 0.717) is 11.1 Å². The van der Waals surface area contributed by atoms with E-state index in [4.69, 9.17) is 4.74 Å². The second-order valence-electron chi connectivity index (χ2n) is 8.87. The number of hydrogen-bond donors (Lipinski definition) is 3. The minimum absolute atomic E-state index is 0.0200. The van der Waals surface area contributed by atoms with Crippen LogP contribution in [0.15, 0.2) is 53.3 Å². The molecule has 0 radical (unpaired) electrons. The monoisotopic (exact) mass is 452 g/mol. The molecule has 0 unspecified atom stereocenters. The predicted molar refractivity (Wildman–Crippen MR) is 116 cm³/mol. The van der Waals surface area contributed by atoms with E-state index in [1.165, 1.54) is 13.0 Å². The van der Waals surface area contributed by atoms with E-state index in [2.05, 4.69) is 6.58 Å². The number of phenols is 1. The summed E-state index contributed by atoms with van der Waals surface area (Å²) in [5.41, 5.74) is -2.38. The number of aromatic hydroxyl groups is 1. The van der Waals surface area contributed by atoms with Gasteiger partial charge < -0.3 is 20.1 Å². The topological polar surface area (TPSA) is 138 Å². The van der Waals surface area contributed by atoms with Gasteiger partial charge in [0.2, 0.25) is 5.78 Å². The van der Waals surface area contributed by atoms with Crippen LogP contribution in [0.25, 0.3) is 0 Å². The highest BCUT2D eigenvalue weighted by molar-refractivity contribution is 6.25. The van der Waals surface area contributed by atoms with Crippen LogP contribution < -0.4 is 0 Å². The third kappa shape index (κ3) is 2.94. The summed E-state index contributed by atoms with van der Waals surface area (Å²) in [7, 11) is 0. The molecule has 172 valence electrons. The molecule has 4 rings (SSSR count). The predicted octanol–water partition coefficient (Wildman–Crippen LogP) is 2.46. The maximum atomic E-state index is 13.5. The molecule has 1 aromatic carbocycles. The number of carbonyl (C=O) groups excluding carboxylic acids is 4. The van der Waals surface area contributed by atoms with E-state index in [1.54, 1.807) is 26.0 Å². The molecule has 8 nitrogen and oxygen atoms in total. The highest BCUT2D eigenvalue weighted by Crippen LogP contribution is 2.55. The first kappa shape index (κ1) is 22.7. The fourth-order valence-electron chi connectivity index (χ4n) is 5.65. The Morgan fingerprint density at radius 3 is 2.52 bits per heavy atom. The molecule has 0 bridgehead atoms. The average Bonchev–Trinajstić information content (AvgIpc) is 2.75. The molecule has 0 aromatic heterocycles. The minimum atomic E-state index is -2.64. The smallest absolute Gasteiger partial charge is 0.330 e. The van der Waals surface area contributed by atoms with Crippen molar-refractivity contribution in [3.63, 3.8) is 0 Å². The summed E-state index contributed by atoms with van der Waals surface area (Å²) < 4.78 is 5.61. The number of fused-ring (bicyclic) bond motifs is 3. The Morgan fingerprint density at radius 1 is 1.24 bits per heavy atom. The number of aliphatic hydroxyl groups is 2. The molecule has 0 saturated carbocycles. The van der Waals surface area contributed by atoms with Crippen LogP contribution >= 0.6 is 0 Å². The zero-order valence-electron chi connectivity index (χ0n) is 18.4. The second kappa shape index (κ2) is 7.52. The Bertz CT molecular complexity index is 1200. The Kier molecular flexibility index (Phi) is 5.16. The molecular weight excluding hydrogens is 428 g/mol. The van der Waals surface area contributed by atoms with Crippen LogP contribution in [0.1, 0.15) is 49.0 Å². The van der Waals surface area contributed by atoms with Crippen LogP contribution in [0, 0.1) is 11.8 Å². The first-order chi connectivity index (χ1) is 15.5. The summed E-state index contributed by atoms with van der Waals surface area (Å²) >= 11 is 0. The maximum absolute atomic E-state index is 13.5. The molecule has 0 spiro atoms. The van der Waals surface area contributed by atoms with Crippen molar-refractivity contribution in [3.05, 3.63) is 64.5 Å². The van der Waals surface area contributed by atoms with Crippen molar-refractivity contribution in [2.75, 3.05) is 0 Å². The van der Waals surface area contributed by atoms with Gasteiger partial charge in [-0.25, -0.2) is 4.79 Å². The van der Waals surface area contributed by atoms with Gasteiger partial charge in [0, 0.05) is 23.5 Å². The van der Waals surface area contributed by atoms with Crippen molar-refractivity contribution in [1.29, 1.82) is 0 Å². The van der Waals surface area contributed by atoms with Gasteiger partial charge in [0.1, 0.15) is 17.6 Å². The Morgan fingerprint density at radius 2 is 1.91 bits per heavy atom. The zero-order valence-corrected chi connectivity index (χ0v) is 18.4. The lowest BCUT2D eigenvalue weighted by Crippen LogP contribution is -2.62. The number of Topliss-reactive ketones (excluding diaryl/α,β-unsaturated/α-hetero) is 3.